The van der Waals surface area contributed by atoms with Crippen molar-refractivity contribution >= 4 is 101 Å². The first-order valence-corrected chi connectivity index (χ1v) is 32.9. The van der Waals surface area contributed by atoms with Crippen LogP contribution in [0.25, 0.3) is 10.9 Å². The summed E-state index contributed by atoms with van der Waals surface area (Å²) >= 11 is 8.70. The molecule has 0 unspecified atom stereocenters. The number of hydrogen-bond acceptors (Lipinski definition) is 16. The number of nitrogens with two attached hydrogens (primary N) is 1. The number of fused-ring (bicyclic) bond motifs is 1. The van der Waals surface area contributed by atoms with E-state index < -0.39 is 144 Å². The van der Waals surface area contributed by atoms with Crippen molar-refractivity contribution in [1.29, 1.82) is 0 Å². The highest BCUT2D eigenvalue weighted by Crippen LogP contribution is 2.21. The van der Waals surface area contributed by atoms with E-state index in [2.05, 4.69) is 103 Å². The Labute approximate surface area is 567 Å². The number of carbonyl (C=O) groups is 11. The summed E-state index contributed by atoms with van der Waals surface area (Å²) in [6.07, 6.45) is 7.61. The fourth-order valence-corrected chi connectivity index (χ4v) is 10.9. The number of carbonyl (C=O) groups excluding carboxylic acids is 10. The van der Waals surface area contributed by atoms with Gasteiger partial charge in [-0.15, -0.1) is 0 Å². The highest BCUT2D eigenvalue weighted by molar-refractivity contribution is 7.80. The number of H-pyrrole nitrogens is 3. The van der Waals surface area contributed by atoms with Crippen LogP contribution in [-0.2, 0) is 84.8 Å². The molecule has 0 bridgehead atoms. The lowest BCUT2D eigenvalue weighted by molar-refractivity contribution is -0.142. The Kier molecular flexibility index (Phi) is 29.5. The summed E-state index contributed by atoms with van der Waals surface area (Å²) < 4.78 is 0. The van der Waals surface area contributed by atoms with Gasteiger partial charge in [0.05, 0.1) is 25.2 Å². The second-order valence-corrected chi connectivity index (χ2v) is 25.0. The zero-order chi connectivity index (χ0) is 70.0. The molecule has 0 aliphatic heterocycles. The average Bonchev–Trinajstić information content (AvgIpc) is 1.63. The monoisotopic (exact) mass is 1360 g/mol. The number of aromatic nitrogens is 5. The van der Waals surface area contributed by atoms with E-state index >= 15 is 0 Å². The molecule has 0 saturated carbocycles. The van der Waals surface area contributed by atoms with Gasteiger partial charge < -0.3 is 79.0 Å². The number of nitrogens with one attached hydrogen (secondary N) is 13. The molecule has 3 aromatic carbocycles. The molecule has 0 aliphatic rings. The Hall–Kier alpha value is -9.55. The maximum absolute atomic E-state index is 14.9. The van der Waals surface area contributed by atoms with Gasteiger partial charge in [0.2, 0.25) is 59.1 Å². The SMILES string of the molecule is CC[C@H](C)[C@H](NC(=O)[C@H](CS)NC(=O)[C@H](Cc1cnc[nH]1)NC(=O)[C@@H](N)Cc1ccccc1)C(=O)NCC(=O)N[C@H](C(=O)N[C@@H](Cc1c[nH]c2ccccc12)C(=O)N[C@@H](Cc1ccccc1)C(=O)N[C@@H](CS)C(=O)N[C@@H](CC(C)C)C(=O)N[C@@H](Cc1cnc[nH]1)C(=O)O)C(C)C. The van der Waals surface area contributed by atoms with Crippen LogP contribution in [0.1, 0.15) is 82.5 Å². The van der Waals surface area contributed by atoms with E-state index in [1.807, 2.05) is 48.5 Å². The molecule has 516 valence electrons. The van der Waals surface area contributed by atoms with Gasteiger partial charge in [0.1, 0.15) is 54.4 Å². The average molecular weight is 1360 g/mol. The maximum Gasteiger partial charge on any atom is 0.326 e. The van der Waals surface area contributed by atoms with Gasteiger partial charge in [-0.1, -0.05) is 127 Å². The molecule has 10 amide bonds. The molecule has 0 fully saturated rings. The second-order valence-electron chi connectivity index (χ2n) is 24.3. The number of carboxylic acids is 1. The van der Waals surface area contributed by atoms with Crippen LogP contribution < -0.4 is 58.9 Å². The summed E-state index contributed by atoms with van der Waals surface area (Å²) in [5.74, 6) is -10.9. The lowest BCUT2D eigenvalue weighted by Crippen LogP contribution is -2.61. The molecule has 0 spiro atoms. The minimum atomic E-state index is -1.42. The van der Waals surface area contributed by atoms with Crippen molar-refractivity contribution in [3.63, 3.8) is 0 Å². The third kappa shape index (κ3) is 23.1. The van der Waals surface area contributed by atoms with Crippen molar-refractivity contribution in [2.24, 2.45) is 23.5 Å². The number of hydrogen-bond donors (Lipinski definition) is 17. The predicted octanol–water partition coefficient (Wildman–Crippen LogP) is 0.626. The van der Waals surface area contributed by atoms with Crippen molar-refractivity contribution in [3.05, 3.63) is 144 Å². The van der Waals surface area contributed by atoms with Gasteiger partial charge in [-0.2, -0.15) is 25.3 Å². The lowest BCUT2D eigenvalue weighted by atomic mass is 9.97. The van der Waals surface area contributed by atoms with E-state index in [9.17, 15) is 57.8 Å². The Balaban J connectivity index is 1.14. The summed E-state index contributed by atoms with van der Waals surface area (Å²) in [5, 5.41) is 37.3. The smallest absolute Gasteiger partial charge is 0.326 e. The molecule has 0 radical (unpaired) electrons. The highest BCUT2D eigenvalue weighted by atomic mass is 32.1. The molecular formula is C66H88N16O12S2. The molecule has 6 aromatic rings. The molecular weight excluding hydrogens is 1270 g/mol. The molecule has 28 nitrogen and oxygen atoms in total. The summed E-state index contributed by atoms with van der Waals surface area (Å²) in [6, 6.07) is 12.1. The van der Waals surface area contributed by atoms with Crippen LogP contribution in [0.3, 0.4) is 0 Å². The van der Waals surface area contributed by atoms with Gasteiger partial charge in [0, 0.05) is 78.1 Å². The van der Waals surface area contributed by atoms with Gasteiger partial charge >= 0.3 is 5.97 Å². The molecule has 16 N–H and O–H groups in total. The van der Waals surface area contributed by atoms with E-state index in [4.69, 9.17) is 5.73 Å². The number of amides is 10. The number of para-hydroxylation sites is 1. The minimum absolute atomic E-state index is 0.0437. The topological polar surface area (TPSA) is 427 Å². The van der Waals surface area contributed by atoms with Gasteiger partial charge in [-0.05, 0) is 53.4 Å². The quantitative estimate of drug-likeness (QED) is 0.0236. The summed E-state index contributed by atoms with van der Waals surface area (Å²) in [7, 11) is 0. The Bertz CT molecular complexity index is 3560. The first-order valence-electron chi connectivity index (χ1n) is 31.7. The first-order chi connectivity index (χ1) is 45.9. The van der Waals surface area contributed by atoms with Crippen LogP contribution in [0.4, 0.5) is 0 Å². The molecule has 0 saturated heterocycles. The first kappa shape index (κ1) is 75.5. The molecule has 6 rings (SSSR count). The predicted molar refractivity (Wildman–Crippen MR) is 364 cm³/mol. The fraction of sp³-hybridized carbons (Fsp3) is 0.439. The van der Waals surface area contributed by atoms with Crippen LogP contribution in [0, 0.1) is 17.8 Å². The highest BCUT2D eigenvalue weighted by Gasteiger charge is 2.37. The number of nitrogens with zero attached hydrogens (tertiary/aromatic N) is 2. The Morgan fingerprint density at radius 1 is 0.490 bits per heavy atom. The fourth-order valence-electron chi connectivity index (χ4n) is 10.4. The van der Waals surface area contributed by atoms with Crippen LogP contribution in [0.2, 0.25) is 0 Å². The van der Waals surface area contributed by atoms with Crippen LogP contribution in [0.15, 0.2) is 116 Å². The van der Waals surface area contributed by atoms with Crippen molar-refractivity contribution in [3.8, 4) is 0 Å². The molecule has 11 atom stereocenters. The van der Waals surface area contributed by atoms with Crippen LogP contribution >= 0.6 is 25.3 Å². The van der Waals surface area contributed by atoms with Crippen molar-refractivity contribution in [2.75, 3.05) is 18.1 Å². The standard InChI is InChI=1S/C66H88N16O12S2/c1-7-38(6)56(82-63(90)53(33-96)80-61(88)50(26-42-29-68-34-72-42)74-57(84)45(67)23-39-16-10-8-11-17-39)64(91)71-31-54(83)81-55(37(4)5)65(92)77-49(25-41-28-70-46-21-15-14-20-44(41)46)60(87)76-48(24-40-18-12-9-13-19-40)59(86)79-52(32-95)62(89)75-47(22-36(2)3)58(85)78-51(66(93)94)27-43-30-69-35-73-43/h8-21,28-30,34-38,45,47-53,55-56,70,95-96H,7,22-27,31-33,67H2,1-6H3,(H,68,72)(H,69,73)(H,71,91)(H,74,84)(H,75,89)(H,76,87)(H,77,92)(H,78,85)(H,79,86)(H,80,88)(H,81,83)(H,82,90)(H,93,94)/t38-,45-,47-,48-,49-,50-,51-,52-,53-,55-,56-/m0/s1. The normalized spacial score (nSPS) is 14.7. The van der Waals surface area contributed by atoms with Gasteiger partial charge in [0.15, 0.2) is 0 Å². The van der Waals surface area contributed by atoms with Crippen molar-refractivity contribution in [1.82, 2.24) is 78.1 Å². The number of rotatable bonds is 38. The maximum atomic E-state index is 14.9. The van der Waals surface area contributed by atoms with Crippen LogP contribution in [0.5, 0.6) is 0 Å². The number of thiol groups is 2. The number of imidazole rings is 2. The van der Waals surface area contributed by atoms with Gasteiger partial charge in [0.25, 0.3) is 0 Å². The molecule has 96 heavy (non-hydrogen) atoms. The van der Waals surface area contributed by atoms with Gasteiger partial charge in [-0.25, -0.2) is 14.8 Å². The number of carboxylic acid groups (broad SMARTS) is 1. The number of aliphatic carboxylic acids is 1. The van der Waals surface area contributed by atoms with E-state index in [-0.39, 0.29) is 55.9 Å². The Morgan fingerprint density at radius 2 is 0.948 bits per heavy atom. The largest absolute Gasteiger partial charge is 0.480 e. The number of aromatic amines is 3. The van der Waals surface area contributed by atoms with Crippen LogP contribution in [-0.4, -0.2) is 174 Å². The van der Waals surface area contributed by atoms with E-state index in [1.54, 1.807) is 84.1 Å². The molecule has 30 heteroatoms. The zero-order valence-corrected chi connectivity index (χ0v) is 56.1. The summed E-state index contributed by atoms with van der Waals surface area (Å²) in [5.41, 5.74) is 9.95. The third-order valence-electron chi connectivity index (χ3n) is 15.9. The summed E-state index contributed by atoms with van der Waals surface area (Å²) in [4.78, 5) is 170. The van der Waals surface area contributed by atoms with Gasteiger partial charge in [-0.3, -0.25) is 47.9 Å². The molecule has 0 aliphatic carbocycles. The molecule has 3 aromatic heterocycles. The summed E-state index contributed by atoms with van der Waals surface area (Å²) in [6.45, 7) is 9.73. The Morgan fingerprint density at radius 3 is 1.48 bits per heavy atom. The lowest BCUT2D eigenvalue weighted by Gasteiger charge is -2.28. The molecule has 3 heterocycles. The van der Waals surface area contributed by atoms with Crippen molar-refractivity contribution < 1.29 is 57.8 Å². The third-order valence-corrected chi connectivity index (χ3v) is 16.7. The number of benzene rings is 3. The zero-order valence-electron chi connectivity index (χ0n) is 54.4. The van der Waals surface area contributed by atoms with Crippen molar-refractivity contribution in [2.45, 2.75) is 147 Å². The second kappa shape index (κ2) is 37.5. The van der Waals surface area contributed by atoms with E-state index in [0.29, 0.717) is 28.9 Å². The minimum Gasteiger partial charge on any atom is -0.480 e. The van der Waals surface area contributed by atoms with E-state index in [0.717, 1.165) is 16.5 Å². The van der Waals surface area contributed by atoms with E-state index in [1.165, 1.54) is 25.0 Å².